The second kappa shape index (κ2) is 5.52. The number of carbonyl (C=O) groups is 1. The number of aryl methyl sites for hydroxylation is 1. The standard InChI is InChI=1S/C13H11BrFNO3/c1-3-18-13(17)11-7(2)19-16-12(11)8-4-5-9(14)10(15)6-8/h4-6H,3H2,1-2H3. The fraction of sp³-hybridized carbons (Fsp3) is 0.231. The maximum absolute atomic E-state index is 13.5. The van der Waals surface area contributed by atoms with E-state index in [9.17, 15) is 9.18 Å². The zero-order valence-corrected chi connectivity index (χ0v) is 12.0. The number of rotatable bonds is 3. The number of ether oxygens (including phenoxy) is 1. The minimum atomic E-state index is -0.528. The Morgan fingerprint density at radius 2 is 2.26 bits per heavy atom. The molecule has 0 spiro atoms. The summed E-state index contributed by atoms with van der Waals surface area (Å²) in [5.74, 6) is -0.621. The van der Waals surface area contributed by atoms with Gasteiger partial charge in [-0.05, 0) is 41.9 Å². The topological polar surface area (TPSA) is 52.3 Å². The molecule has 0 atom stereocenters. The molecule has 0 saturated heterocycles. The Kier molecular flexibility index (Phi) is 3.99. The molecule has 0 saturated carbocycles. The molecule has 0 unspecified atom stereocenters. The van der Waals surface area contributed by atoms with Gasteiger partial charge in [-0.1, -0.05) is 11.2 Å². The van der Waals surface area contributed by atoms with E-state index in [1.54, 1.807) is 26.0 Å². The number of hydrogen-bond donors (Lipinski definition) is 0. The quantitative estimate of drug-likeness (QED) is 0.806. The van der Waals surface area contributed by atoms with Crippen LogP contribution in [0.15, 0.2) is 27.2 Å². The molecule has 1 aromatic heterocycles. The van der Waals surface area contributed by atoms with Gasteiger partial charge in [-0.15, -0.1) is 0 Å². The lowest BCUT2D eigenvalue weighted by Gasteiger charge is -2.03. The molecule has 0 radical (unpaired) electrons. The Bertz CT molecular complexity index is 624. The summed E-state index contributed by atoms with van der Waals surface area (Å²) in [6, 6.07) is 4.47. The predicted octanol–water partition coefficient (Wildman–Crippen LogP) is 3.73. The zero-order valence-electron chi connectivity index (χ0n) is 10.4. The number of esters is 1. The molecule has 1 aromatic carbocycles. The zero-order chi connectivity index (χ0) is 14.0. The number of halogens is 2. The molecule has 2 aromatic rings. The molecular formula is C13H11BrFNO3. The van der Waals surface area contributed by atoms with Crippen LogP contribution < -0.4 is 0 Å². The second-order valence-electron chi connectivity index (χ2n) is 3.81. The van der Waals surface area contributed by atoms with Crippen molar-refractivity contribution < 1.29 is 18.4 Å². The molecule has 0 amide bonds. The summed E-state index contributed by atoms with van der Waals surface area (Å²) >= 11 is 3.07. The lowest BCUT2D eigenvalue weighted by atomic mass is 10.1. The van der Waals surface area contributed by atoms with Crippen molar-refractivity contribution in [3.05, 3.63) is 39.8 Å². The normalized spacial score (nSPS) is 10.5. The number of carbonyl (C=O) groups excluding carboxylic acids is 1. The van der Waals surface area contributed by atoms with E-state index in [0.717, 1.165) is 0 Å². The number of aromatic nitrogens is 1. The predicted molar refractivity (Wildman–Crippen MR) is 70.3 cm³/mol. The first kappa shape index (κ1) is 13.7. The average molecular weight is 328 g/mol. The van der Waals surface area contributed by atoms with E-state index >= 15 is 0 Å². The molecule has 0 aliphatic rings. The Morgan fingerprint density at radius 3 is 2.89 bits per heavy atom. The lowest BCUT2D eigenvalue weighted by Crippen LogP contribution is -2.06. The molecule has 0 aliphatic carbocycles. The van der Waals surface area contributed by atoms with E-state index in [4.69, 9.17) is 9.26 Å². The van der Waals surface area contributed by atoms with Gasteiger partial charge in [-0.3, -0.25) is 0 Å². The molecule has 0 N–H and O–H groups in total. The molecular weight excluding hydrogens is 317 g/mol. The van der Waals surface area contributed by atoms with Crippen LogP contribution in [0.3, 0.4) is 0 Å². The molecule has 0 bridgehead atoms. The minimum Gasteiger partial charge on any atom is -0.462 e. The smallest absolute Gasteiger partial charge is 0.344 e. The van der Waals surface area contributed by atoms with Crippen LogP contribution in [0.1, 0.15) is 23.0 Å². The first-order valence-corrected chi connectivity index (χ1v) is 6.42. The molecule has 4 nitrogen and oxygen atoms in total. The van der Waals surface area contributed by atoms with Crippen LogP contribution in [0.4, 0.5) is 4.39 Å². The third-order valence-electron chi connectivity index (χ3n) is 2.54. The van der Waals surface area contributed by atoms with Gasteiger partial charge in [-0.2, -0.15) is 0 Å². The van der Waals surface area contributed by atoms with Crippen LogP contribution in [0.2, 0.25) is 0 Å². The molecule has 1 heterocycles. The summed E-state index contributed by atoms with van der Waals surface area (Å²) in [5.41, 5.74) is 0.964. The fourth-order valence-electron chi connectivity index (χ4n) is 1.66. The van der Waals surface area contributed by atoms with Gasteiger partial charge < -0.3 is 9.26 Å². The molecule has 0 aliphatic heterocycles. The fourth-order valence-corrected chi connectivity index (χ4v) is 1.90. The van der Waals surface area contributed by atoms with E-state index in [0.29, 0.717) is 15.8 Å². The van der Waals surface area contributed by atoms with Crippen molar-refractivity contribution in [1.82, 2.24) is 5.16 Å². The molecule has 6 heteroatoms. The van der Waals surface area contributed by atoms with Gasteiger partial charge in [0.15, 0.2) is 0 Å². The van der Waals surface area contributed by atoms with Crippen LogP contribution in [0, 0.1) is 12.7 Å². The van der Waals surface area contributed by atoms with Crippen molar-refractivity contribution in [2.45, 2.75) is 13.8 Å². The van der Waals surface area contributed by atoms with E-state index < -0.39 is 11.8 Å². The monoisotopic (exact) mass is 327 g/mol. The summed E-state index contributed by atoms with van der Waals surface area (Å²) in [4.78, 5) is 11.8. The van der Waals surface area contributed by atoms with Gasteiger partial charge in [-0.25, -0.2) is 9.18 Å². The van der Waals surface area contributed by atoms with Crippen molar-refractivity contribution >= 4 is 21.9 Å². The van der Waals surface area contributed by atoms with Gasteiger partial charge in [0.05, 0.1) is 11.1 Å². The van der Waals surface area contributed by atoms with E-state index in [2.05, 4.69) is 21.1 Å². The largest absolute Gasteiger partial charge is 0.462 e. The SMILES string of the molecule is CCOC(=O)c1c(-c2ccc(Br)c(F)c2)noc1C. The average Bonchev–Trinajstić information content (AvgIpc) is 2.75. The van der Waals surface area contributed by atoms with Crippen molar-refractivity contribution in [2.24, 2.45) is 0 Å². The summed E-state index contributed by atoms with van der Waals surface area (Å²) in [5, 5.41) is 3.80. The van der Waals surface area contributed by atoms with Crippen LogP contribution in [0.5, 0.6) is 0 Å². The Balaban J connectivity index is 2.50. The lowest BCUT2D eigenvalue weighted by molar-refractivity contribution is 0.0525. The highest BCUT2D eigenvalue weighted by atomic mass is 79.9. The molecule has 0 fully saturated rings. The highest BCUT2D eigenvalue weighted by Gasteiger charge is 2.23. The van der Waals surface area contributed by atoms with Crippen molar-refractivity contribution in [3.63, 3.8) is 0 Å². The molecule has 2 rings (SSSR count). The Hall–Kier alpha value is -1.69. The van der Waals surface area contributed by atoms with Crippen LogP contribution in [-0.2, 0) is 4.74 Å². The van der Waals surface area contributed by atoms with E-state index in [1.165, 1.54) is 6.07 Å². The summed E-state index contributed by atoms with van der Waals surface area (Å²) in [6.07, 6.45) is 0. The maximum Gasteiger partial charge on any atom is 0.344 e. The van der Waals surface area contributed by atoms with Crippen LogP contribution >= 0.6 is 15.9 Å². The highest BCUT2D eigenvalue weighted by molar-refractivity contribution is 9.10. The van der Waals surface area contributed by atoms with Gasteiger partial charge >= 0.3 is 5.97 Å². The minimum absolute atomic E-state index is 0.226. The first-order chi connectivity index (χ1) is 9.04. The molecule has 19 heavy (non-hydrogen) atoms. The summed E-state index contributed by atoms with van der Waals surface area (Å²) in [6.45, 7) is 3.56. The van der Waals surface area contributed by atoms with Crippen molar-refractivity contribution in [1.29, 1.82) is 0 Å². The maximum atomic E-state index is 13.5. The van der Waals surface area contributed by atoms with Gasteiger partial charge in [0, 0.05) is 5.56 Å². The third kappa shape index (κ3) is 2.68. The highest BCUT2D eigenvalue weighted by Crippen LogP contribution is 2.28. The van der Waals surface area contributed by atoms with Gasteiger partial charge in [0.25, 0.3) is 0 Å². The second-order valence-corrected chi connectivity index (χ2v) is 4.67. The number of nitrogens with zero attached hydrogens (tertiary/aromatic N) is 1. The van der Waals surface area contributed by atoms with Crippen LogP contribution in [-0.4, -0.2) is 17.7 Å². The van der Waals surface area contributed by atoms with E-state index in [-0.39, 0.29) is 17.9 Å². The summed E-state index contributed by atoms with van der Waals surface area (Å²) in [7, 11) is 0. The number of benzene rings is 1. The Morgan fingerprint density at radius 1 is 1.53 bits per heavy atom. The van der Waals surface area contributed by atoms with Crippen LogP contribution in [0.25, 0.3) is 11.3 Å². The van der Waals surface area contributed by atoms with Crippen molar-refractivity contribution in [2.75, 3.05) is 6.61 Å². The third-order valence-corrected chi connectivity index (χ3v) is 3.18. The Labute approximate surface area is 117 Å². The van der Waals surface area contributed by atoms with E-state index in [1.807, 2.05) is 0 Å². The molecule has 100 valence electrons. The van der Waals surface area contributed by atoms with Crippen molar-refractivity contribution in [3.8, 4) is 11.3 Å². The number of hydrogen-bond acceptors (Lipinski definition) is 4. The summed E-state index contributed by atoms with van der Waals surface area (Å²) < 4.78 is 23.8. The van der Waals surface area contributed by atoms with Gasteiger partial charge in [0.2, 0.25) is 0 Å². The first-order valence-electron chi connectivity index (χ1n) is 5.63. The van der Waals surface area contributed by atoms with Gasteiger partial charge in [0.1, 0.15) is 22.8 Å².